The predicted octanol–water partition coefficient (Wildman–Crippen LogP) is 2.04. The fourth-order valence-corrected chi connectivity index (χ4v) is 3.23. The van der Waals surface area contributed by atoms with Gasteiger partial charge in [0.15, 0.2) is 5.82 Å². The molecule has 1 saturated heterocycles. The number of fused-ring (bicyclic) bond motifs is 1. The maximum atomic E-state index is 5.49. The zero-order chi connectivity index (χ0) is 18.3. The Kier molecular flexibility index (Phi) is 4.14. The zero-order valence-corrected chi connectivity index (χ0v) is 15.8. The molecule has 4 heterocycles. The fourth-order valence-electron chi connectivity index (χ4n) is 3.23. The fraction of sp³-hybridized carbons (Fsp3) is 0.556. The van der Waals surface area contributed by atoms with Crippen LogP contribution in [0.2, 0.25) is 0 Å². The Bertz CT molecular complexity index is 900. The second-order valence-corrected chi connectivity index (χ2v) is 7.84. The summed E-state index contributed by atoms with van der Waals surface area (Å²) in [7, 11) is 0. The summed E-state index contributed by atoms with van der Waals surface area (Å²) in [6.07, 6.45) is 3.75. The Labute approximate surface area is 152 Å². The lowest BCUT2D eigenvalue weighted by molar-refractivity contribution is 0.224. The Morgan fingerprint density at radius 3 is 2.54 bits per heavy atom. The Morgan fingerprint density at radius 1 is 1.12 bits per heavy atom. The van der Waals surface area contributed by atoms with Crippen LogP contribution < -0.4 is 4.90 Å². The SMILES string of the molecule is Cc1nnc(CN2CCN(c3nccn4nc(C(C)(C)C)cc34)CC2)o1. The lowest BCUT2D eigenvalue weighted by Gasteiger charge is -2.34. The van der Waals surface area contributed by atoms with Crippen molar-refractivity contribution in [2.24, 2.45) is 0 Å². The van der Waals surface area contributed by atoms with E-state index in [0.717, 1.165) is 43.2 Å². The molecule has 0 aliphatic carbocycles. The van der Waals surface area contributed by atoms with Crippen LogP contribution >= 0.6 is 0 Å². The average Bonchev–Trinajstić information content (AvgIpc) is 3.21. The molecule has 138 valence electrons. The van der Waals surface area contributed by atoms with E-state index in [9.17, 15) is 0 Å². The molecular formula is C18H25N7O. The first-order chi connectivity index (χ1) is 12.4. The summed E-state index contributed by atoms with van der Waals surface area (Å²) >= 11 is 0. The van der Waals surface area contributed by atoms with Crippen LogP contribution in [0, 0.1) is 6.92 Å². The first-order valence-corrected chi connectivity index (χ1v) is 9.01. The monoisotopic (exact) mass is 355 g/mol. The summed E-state index contributed by atoms with van der Waals surface area (Å²) in [4.78, 5) is 9.31. The van der Waals surface area contributed by atoms with E-state index in [1.54, 1.807) is 0 Å². The number of nitrogens with zero attached hydrogens (tertiary/aromatic N) is 7. The van der Waals surface area contributed by atoms with Crippen molar-refractivity contribution in [1.82, 2.24) is 29.7 Å². The van der Waals surface area contributed by atoms with Gasteiger partial charge in [-0.2, -0.15) is 5.10 Å². The summed E-state index contributed by atoms with van der Waals surface area (Å²) < 4.78 is 7.43. The molecule has 0 aromatic carbocycles. The molecule has 0 saturated carbocycles. The molecule has 3 aromatic heterocycles. The van der Waals surface area contributed by atoms with Crippen LogP contribution in [0.3, 0.4) is 0 Å². The van der Waals surface area contributed by atoms with E-state index in [4.69, 9.17) is 9.52 Å². The van der Waals surface area contributed by atoms with Gasteiger partial charge >= 0.3 is 0 Å². The molecule has 0 bridgehead atoms. The molecule has 1 aliphatic rings. The van der Waals surface area contributed by atoms with Gasteiger partial charge in [0.05, 0.1) is 12.2 Å². The van der Waals surface area contributed by atoms with E-state index < -0.39 is 0 Å². The number of anilines is 1. The van der Waals surface area contributed by atoms with Crippen LogP contribution in [0.1, 0.15) is 38.2 Å². The van der Waals surface area contributed by atoms with Crippen LogP contribution in [-0.2, 0) is 12.0 Å². The molecule has 0 amide bonds. The standard InChI is InChI=1S/C18H25N7O/c1-13-20-21-16(26-13)12-23-7-9-24(10-8-23)17-14-11-15(18(2,3)4)22-25(14)6-5-19-17/h5-6,11H,7-10,12H2,1-4H3. The van der Waals surface area contributed by atoms with Crippen molar-refractivity contribution in [3.05, 3.63) is 35.9 Å². The second-order valence-electron chi connectivity index (χ2n) is 7.84. The molecule has 0 N–H and O–H groups in total. The second kappa shape index (κ2) is 6.35. The van der Waals surface area contributed by atoms with E-state index in [2.05, 4.69) is 51.8 Å². The maximum Gasteiger partial charge on any atom is 0.230 e. The first-order valence-electron chi connectivity index (χ1n) is 9.01. The van der Waals surface area contributed by atoms with Gasteiger partial charge in [-0.1, -0.05) is 20.8 Å². The highest BCUT2D eigenvalue weighted by atomic mass is 16.4. The van der Waals surface area contributed by atoms with Crippen molar-refractivity contribution in [1.29, 1.82) is 0 Å². The van der Waals surface area contributed by atoms with Crippen LogP contribution in [0.4, 0.5) is 5.82 Å². The minimum Gasteiger partial charge on any atom is -0.424 e. The summed E-state index contributed by atoms with van der Waals surface area (Å²) in [5.41, 5.74) is 2.17. The normalized spacial score (nSPS) is 16.5. The summed E-state index contributed by atoms with van der Waals surface area (Å²) in [6, 6.07) is 2.16. The molecule has 0 unspecified atom stereocenters. The van der Waals surface area contributed by atoms with Gasteiger partial charge < -0.3 is 9.32 Å². The van der Waals surface area contributed by atoms with Gasteiger partial charge in [0.1, 0.15) is 5.52 Å². The van der Waals surface area contributed by atoms with Crippen molar-refractivity contribution >= 4 is 11.3 Å². The smallest absolute Gasteiger partial charge is 0.230 e. The number of hydrogen-bond acceptors (Lipinski definition) is 7. The van der Waals surface area contributed by atoms with Gasteiger partial charge in [-0.05, 0) is 6.07 Å². The topological polar surface area (TPSA) is 75.6 Å². The van der Waals surface area contributed by atoms with Crippen molar-refractivity contribution < 1.29 is 4.42 Å². The molecule has 1 aliphatic heterocycles. The quantitative estimate of drug-likeness (QED) is 0.711. The van der Waals surface area contributed by atoms with Gasteiger partial charge in [-0.3, -0.25) is 4.90 Å². The predicted molar refractivity (Wildman–Crippen MR) is 98.2 cm³/mol. The molecule has 3 aromatic rings. The van der Waals surface area contributed by atoms with E-state index >= 15 is 0 Å². The maximum absolute atomic E-state index is 5.49. The minimum absolute atomic E-state index is 0.0181. The molecule has 26 heavy (non-hydrogen) atoms. The average molecular weight is 355 g/mol. The molecule has 0 radical (unpaired) electrons. The Morgan fingerprint density at radius 2 is 1.88 bits per heavy atom. The van der Waals surface area contributed by atoms with Crippen molar-refractivity contribution in [2.45, 2.75) is 39.7 Å². The molecular weight excluding hydrogens is 330 g/mol. The summed E-state index contributed by atoms with van der Waals surface area (Å²) in [5.74, 6) is 2.30. The van der Waals surface area contributed by atoms with Gasteiger partial charge in [-0.25, -0.2) is 9.50 Å². The van der Waals surface area contributed by atoms with Crippen LogP contribution in [0.15, 0.2) is 22.9 Å². The highest BCUT2D eigenvalue weighted by molar-refractivity contribution is 5.69. The van der Waals surface area contributed by atoms with Crippen molar-refractivity contribution in [2.75, 3.05) is 31.1 Å². The third-order valence-corrected chi connectivity index (χ3v) is 4.74. The van der Waals surface area contributed by atoms with Gasteiger partial charge in [-0.15, -0.1) is 10.2 Å². The van der Waals surface area contributed by atoms with Crippen LogP contribution in [0.5, 0.6) is 0 Å². The zero-order valence-electron chi connectivity index (χ0n) is 15.8. The number of piperazine rings is 1. The molecule has 8 heteroatoms. The number of aromatic nitrogens is 5. The Balaban J connectivity index is 1.49. The number of hydrogen-bond donors (Lipinski definition) is 0. The van der Waals surface area contributed by atoms with Crippen molar-refractivity contribution in [3.63, 3.8) is 0 Å². The molecule has 4 rings (SSSR count). The number of rotatable bonds is 3. The minimum atomic E-state index is 0.0181. The van der Waals surface area contributed by atoms with Crippen LogP contribution in [0.25, 0.3) is 5.52 Å². The lowest BCUT2D eigenvalue weighted by Crippen LogP contribution is -2.46. The molecule has 0 atom stereocenters. The van der Waals surface area contributed by atoms with Crippen molar-refractivity contribution in [3.8, 4) is 0 Å². The van der Waals surface area contributed by atoms with E-state index in [1.807, 2.05) is 23.8 Å². The summed E-state index contributed by atoms with van der Waals surface area (Å²) in [6.45, 7) is 12.8. The molecule has 1 fully saturated rings. The van der Waals surface area contributed by atoms with E-state index in [1.165, 1.54) is 0 Å². The summed E-state index contributed by atoms with van der Waals surface area (Å²) in [5, 5.41) is 12.7. The number of aryl methyl sites for hydroxylation is 1. The van der Waals surface area contributed by atoms with Crippen LogP contribution in [-0.4, -0.2) is 55.9 Å². The Hall–Kier alpha value is -2.48. The van der Waals surface area contributed by atoms with Gasteiger partial charge in [0.25, 0.3) is 0 Å². The molecule has 8 nitrogen and oxygen atoms in total. The highest BCUT2D eigenvalue weighted by Gasteiger charge is 2.24. The molecule has 0 spiro atoms. The van der Waals surface area contributed by atoms with E-state index in [0.29, 0.717) is 18.3 Å². The lowest BCUT2D eigenvalue weighted by atomic mass is 9.92. The third kappa shape index (κ3) is 3.29. The highest BCUT2D eigenvalue weighted by Crippen LogP contribution is 2.26. The largest absolute Gasteiger partial charge is 0.424 e. The third-order valence-electron chi connectivity index (χ3n) is 4.74. The van der Waals surface area contributed by atoms with Gasteiger partial charge in [0.2, 0.25) is 11.8 Å². The van der Waals surface area contributed by atoms with Gasteiger partial charge in [0, 0.05) is 50.9 Å². The van der Waals surface area contributed by atoms with E-state index in [-0.39, 0.29) is 5.41 Å². The first kappa shape index (κ1) is 17.0.